The number of hydrogen-bond acceptors (Lipinski definition) is 5. The first-order valence-corrected chi connectivity index (χ1v) is 14.0. The maximum Gasteiger partial charge on any atom is 0.137 e. The lowest BCUT2D eigenvalue weighted by Crippen LogP contribution is -2.30. The topological polar surface area (TPSA) is 33.5 Å². The third-order valence-corrected chi connectivity index (χ3v) is 8.02. The van der Waals surface area contributed by atoms with Crippen molar-refractivity contribution in [3.63, 3.8) is 0 Å². The highest BCUT2D eigenvalue weighted by atomic mass is 32.2. The van der Waals surface area contributed by atoms with Gasteiger partial charge in [0, 0.05) is 26.8 Å². The van der Waals surface area contributed by atoms with Crippen molar-refractivity contribution in [3.05, 3.63) is 115 Å². The van der Waals surface area contributed by atoms with Crippen LogP contribution in [0.1, 0.15) is 19.4 Å². The number of nitrogens with zero attached hydrogens (tertiary/aromatic N) is 4. The number of aromatic nitrogens is 2. The third kappa shape index (κ3) is 4.13. The van der Waals surface area contributed by atoms with Gasteiger partial charge in [-0.3, -0.25) is 4.57 Å². The van der Waals surface area contributed by atoms with Crippen molar-refractivity contribution in [1.29, 1.82) is 0 Å². The van der Waals surface area contributed by atoms with E-state index in [9.17, 15) is 0 Å². The van der Waals surface area contributed by atoms with Crippen molar-refractivity contribution in [1.82, 2.24) is 9.55 Å². The zero-order valence-electron chi connectivity index (χ0n) is 22.1. The molecule has 0 bridgehead atoms. The van der Waals surface area contributed by atoms with E-state index in [0.29, 0.717) is 0 Å². The van der Waals surface area contributed by atoms with Gasteiger partial charge in [0.2, 0.25) is 0 Å². The number of para-hydroxylation sites is 3. The summed E-state index contributed by atoms with van der Waals surface area (Å²) in [6.45, 7) is 6.37. The van der Waals surface area contributed by atoms with Gasteiger partial charge in [0.1, 0.15) is 5.82 Å². The number of fused-ring (bicyclic) bond motifs is 4. The average molecular weight is 529 g/mol. The summed E-state index contributed by atoms with van der Waals surface area (Å²) in [5, 5.41) is 6.34. The van der Waals surface area contributed by atoms with Crippen LogP contribution < -0.4 is 10.1 Å². The summed E-state index contributed by atoms with van der Waals surface area (Å²) in [4.78, 5) is 13.3. The first-order valence-electron chi connectivity index (χ1n) is 13.2. The molecule has 192 valence electrons. The Hall–Kier alpha value is -4.26. The van der Waals surface area contributed by atoms with Crippen molar-refractivity contribution >= 4 is 50.6 Å². The summed E-state index contributed by atoms with van der Waals surface area (Å²) < 4.78 is 2.27. The normalized spacial score (nSPS) is 13.1. The molecule has 3 heterocycles. The molecule has 7 rings (SSSR count). The molecule has 0 unspecified atom stereocenters. The van der Waals surface area contributed by atoms with E-state index >= 15 is 0 Å². The number of pyridine rings is 1. The molecule has 0 spiro atoms. The Labute approximate surface area is 232 Å². The van der Waals surface area contributed by atoms with Crippen LogP contribution in [0, 0.1) is 6.92 Å². The number of anilines is 3. The summed E-state index contributed by atoms with van der Waals surface area (Å²) in [6.07, 6.45) is 1.88. The van der Waals surface area contributed by atoms with Gasteiger partial charge >= 0.3 is 0 Å². The molecule has 0 aliphatic carbocycles. The number of hydrogen-bond donors (Lipinski definition) is 0. The van der Waals surface area contributed by atoms with E-state index in [-0.39, 0.29) is 6.04 Å². The van der Waals surface area contributed by atoms with Crippen molar-refractivity contribution in [2.24, 2.45) is 0 Å². The molecule has 6 heteroatoms. The van der Waals surface area contributed by atoms with Gasteiger partial charge in [-0.15, -0.1) is 4.94 Å². The van der Waals surface area contributed by atoms with E-state index in [4.69, 9.17) is 9.92 Å². The summed E-state index contributed by atoms with van der Waals surface area (Å²) >= 11 is 1.75. The Morgan fingerprint density at radius 2 is 1.49 bits per heavy atom. The largest absolute Gasteiger partial charge is 0.294 e. The van der Waals surface area contributed by atoms with E-state index in [1.165, 1.54) is 21.2 Å². The fourth-order valence-electron chi connectivity index (χ4n) is 5.27. The highest BCUT2D eigenvalue weighted by Gasteiger charge is 2.30. The Balaban J connectivity index is 1.27. The quantitative estimate of drug-likeness (QED) is 0.223. The lowest BCUT2D eigenvalue weighted by molar-refractivity contribution is 0.112. The molecule has 0 amide bonds. The van der Waals surface area contributed by atoms with Crippen molar-refractivity contribution < 1.29 is 4.94 Å². The molecular weight excluding hydrogens is 500 g/mol. The van der Waals surface area contributed by atoms with Crippen LogP contribution in [0.3, 0.4) is 0 Å². The predicted molar refractivity (Wildman–Crippen MR) is 161 cm³/mol. The molecular formula is C33H28N4OS. The van der Waals surface area contributed by atoms with Gasteiger partial charge < -0.3 is 0 Å². The van der Waals surface area contributed by atoms with Crippen molar-refractivity contribution in [3.8, 4) is 5.82 Å². The fraction of sp³-hybridized carbons (Fsp3) is 0.121. The second-order valence-corrected chi connectivity index (χ2v) is 11.3. The lowest BCUT2D eigenvalue weighted by Gasteiger charge is -2.23. The number of hydroxylamine groups is 1. The summed E-state index contributed by atoms with van der Waals surface area (Å²) in [6, 6.07) is 36.5. The van der Waals surface area contributed by atoms with Gasteiger partial charge in [-0.2, -0.15) is 5.06 Å². The second-order valence-electron chi connectivity index (χ2n) is 10.1. The Morgan fingerprint density at radius 3 is 2.33 bits per heavy atom. The van der Waals surface area contributed by atoms with Crippen molar-refractivity contribution in [2.75, 3.05) is 10.1 Å². The minimum absolute atomic E-state index is 0.218. The van der Waals surface area contributed by atoms with E-state index in [1.807, 2.05) is 22.4 Å². The highest BCUT2D eigenvalue weighted by Crippen LogP contribution is 2.43. The molecule has 5 nitrogen and oxygen atoms in total. The van der Waals surface area contributed by atoms with Crippen LogP contribution in [0.25, 0.3) is 27.6 Å². The van der Waals surface area contributed by atoms with E-state index in [1.54, 1.807) is 11.8 Å². The smallest absolute Gasteiger partial charge is 0.137 e. The lowest BCUT2D eigenvalue weighted by atomic mass is 10.2. The molecule has 0 atom stereocenters. The van der Waals surface area contributed by atoms with Gasteiger partial charge in [0.15, 0.2) is 0 Å². The van der Waals surface area contributed by atoms with E-state index < -0.39 is 0 Å². The highest BCUT2D eigenvalue weighted by molar-refractivity contribution is 7.99. The molecule has 0 N–H and O–H groups in total. The maximum atomic E-state index is 6.30. The molecule has 1 aliphatic rings. The zero-order chi connectivity index (χ0) is 26.5. The van der Waals surface area contributed by atoms with Gasteiger partial charge in [0.25, 0.3) is 0 Å². The van der Waals surface area contributed by atoms with Crippen LogP contribution >= 0.6 is 11.8 Å². The Morgan fingerprint density at radius 1 is 0.718 bits per heavy atom. The SMILES string of the molecule is Cc1ccnc(-n2c3ccccc3c3ccc(Sc4cccc(N5ON(C(C)C)c6ccccc65)c4)cc32)c1. The second kappa shape index (κ2) is 9.49. The Kier molecular flexibility index (Phi) is 5.80. The molecule has 0 saturated heterocycles. The van der Waals surface area contributed by atoms with Gasteiger partial charge in [-0.25, -0.2) is 10.0 Å². The van der Waals surface area contributed by atoms with Crippen LogP contribution in [-0.2, 0) is 4.94 Å². The van der Waals surface area contributed by atoms with Crippen LogP contribution in [0.15, 0.2) is 119 Å². The third-order valence-electron chi connectivity index (χ3n) is 7.04. The number of rotatable bonds is 5. The van der Waals surface area contributed by atoms with Crippen LogP contribution in [0.4, 0.5) is 17.1 Å². The van der Waals surface area contributed by atoms with E-state index in [2.05, 4.69) is 122 Å². The van der Waals surface area contributed by atoms with Gasteiger partial charge in [-0.05, 0) is 87.0 Å². The molecule has 0 radical (unpaired) electrons. The first kappa shape index (κ1) is 23.8. The molecule has 0 saturated carbocycles. The molecule has 2 aromatic heterocycles. The van der Waals surface area contributed by atoms with Crippen molar-refractivity contribution in [2.45, 2.75) is 36.6 Å². The standard InChI is InChI=1S/C33H28N4OS/c1-22(2)36-30-13-6-7-14-31(30)37(38-36)24-9-8-10-25(20-24)39-26-15-16-28-27-11-4-5-12-29(27)35(32(28)21-26)33-19-23(3)17-18-34-33/h4-22H,1-3H3. The first-order chi connectivity index (χ1) is 19.1. The molecule has 6 aromatic rings. The maximum absolute atomic E-state index is 6.30. The van der Waals surface area contributed by atoms with Crippen LogP contribution in [0.5, 0.6) is 0 Å². The van der Waals surface area contributed by atoms with Crippen LogP contribution in [-0.4, -0.2) is 15.6 Å². The summed E-state index contributed by atoms with van der Waals surface area (Å²) in [5.41, 5.74) is 6.62. The zero-order valence-corrected chi connectivity index (χ0v) is 22.9. The van der Waals surface area contributed by atoms with Crippen LogP contribution in [0.2, 0.25) is 0 Å². The minimum Gasteiger partial charge on any atom is -0.294 e. The van der Waals surface area contributed by atoms with Gasteiger partial charge in [-0.1, -0.05) is 54.2 Å². The predicted octanol–water partition coefficient (Wildman–Crippen LogP) is 8.85. The Bertz CT molecular complexity index is 1840. The summed E-state index contributed by atoms with van der Waals surface area (Å²) in [7, 11) is 0. The fourth-order valence-corrected chi connectivity index (χ4v) is 6.17. The average Bonchev–Trinajstić information content (AvgIpc) is 3.50. The number of aryl methyl sites for hydroxylation is 1. The molecule has 39 heavy (non-hydrogen) atoms. The van der Waals surface area contributed by atoms with E-state index in [0.717, 1.165) is 38.8 Å². The monoisotopic (exact) mass is 528 g/mol. The molecule has 4 aromatic carbocycles. The number of benzene rings is 4. The summed E-state index contributed by atoms with van der Waals surface area (Å²) in [5.74, 6) is 0.935. The molecule has 1 aliphatic heterocycles. The molecule has 0 fully saturated rings. The van der Waals surface area contributed by atoms with Gasteiger partial charge in [0.05, 0.1) is 34.1 Å². The minimum atomic E-state index is 0.218.